The fourth-order valence-electron chi connectivity index (χ4n) is 3.61. The van der Waals surface area contributed by atoms with Gasteiger partial charge in [-0.1, -0.05) is 65.0 Å². The molecule has 4 aromatic rings. The summed E-state index contributed by atoms with van der Waals surface area (Å²) in [6, 6.07) is 18.8. The molecular formula is C28H31ClN6O2. The molecule has 0 radical (unpaired) electrons. The van der Waals surface area contributed by atoms with Crippen LogP contribution in [0.4, 0.5) is 10.6 Å². The van der Waals surface area contributed by atoms with Crippen LogP contribution in [0.2, 0.25) is 5.28 Å². The minimum Gasteiger partial charge on any atom is -0.439 e. The first-order valence-electron chi connectivity index (χ1n) is 12.1. The topological polar surface area (TPSA) is 94.0 Å². The molecule has 0 aliphatic carbocycles. The van der Waals surface area contributed by atoms with Crippen molar-refractivity contribution in [2.75, 3.05) is 5.32 Å². The molecule has 0 spiro atoms. The Labute approximate surface area is 222 Å². The summed E-state index contributed by atoms with van der Waals surface area (Å²) in [5.41, 5.74) is 3.58. The van der Waals surface area contributed by atoms with Gasteiger partial charge in [-0.25, -0.2) is 14.5 Å². The summed E-state index contributed by atoms with van der Waals surface area (Å²) in [5.74, 6) is 1.89. The van der Waals surface area contributed by atoms with Gasteiger partial charge in [0.15, 0.2) is 0 Å². The highest BCUT2D eigenvalue weighted by Gasteiger charge is 2.21. The molecule has 2 aromatic carbocycles. The van der Waals surface area contributed by atoms with E-state index >= 15 is 0 Å². The third-order valence-electron chi connectivity index (χ3n) is 5.75. The number of rotatable bonds is 7. The number of urea groups is 1. The van der Waals surface area contributed by atoms with Crippen molar-refractivity contribution in [1.29, 1.82) is 0 Å². The number of carbonyl (C=O) groups excluding carboxylic acids is 1. The Balaban J connectivity index is 1.50. The highest BCUT2D eigenvalue weighted by atomic mass is 35.5. The van der Waals surface area contributed by atoms with E-state index in [2.05, 4.69) is 67.4 Å². The van der Waals surface area contributed by atoms with E-state index in [1.165, 1.54) is 11.8 Å². The van der Waals surface area contributed by atoms with Crippen LogP contribution in [0.1, 0.15) is 57.4 Å². The molecular weight excluding hydrogens is 488 g/mol. The molecule has 2 N–H and O–H groups in total. The van der Waals surface area contributed by atoms with E-state index in [0.29, 0.717) is 23.4 Å². The smallest absolute Gasteiger partial charge is 0.320 e. The van der Waals surface area contributed by atoms with Gasteiger partial charge < -0.3 is 10.1 Å². The highest BCUT2D eigenvalue weighted by molar-refractivity contribution is 6.28. The van der Waals surface area contributed by atoms with Crippen molar-refractivity contribution in [2.45, 2.75) is 52.5 Å². The maximum atomic E-state index is 12.9. The van der Waals surface area contributed by atoms with E-state index in [-0.39, 0.29) is 23.3 Å². The Morgan fingerprint density at radius 3 is 2.49 bits per heavy atom. The molecule has 0 fully saturated rings. The molecule has 0 saturated heterocycles. The summed E-state index contributed by atoms with van der Waals surface area (Å²) < 4.78 is 7.63. The summed E-state index contributed by atoms with van der Waals surface area (Å²) in [7, 11) is 0. The van der Waals surface area contributed by atoms with E-state index < -0.39 is 0 Å². The maximum Gasteiger partial charge on any atom is 0.320 e. The molecule has 8 nitrogen and oxygen atoms in total. The second-order valence-corrected chi connectivity index (χ2v) is 10.3. The minimum absolute atomic E-state index is 0.0950. The third-order valence-corrected chi connectivity index (χ3v) is 5.93. The Kier molecular flexibility index (Phi) is 7.78. The molecule has 2 heterocycles. The lowest BCUT2D eigenvalue weighted by atomic mass is 9.92. The minimum atomic E-state index is -0.361. The lowest BCUT2D eigenvalue weighted by molar-refractivity contribution is 0.251. The van der Waals surface area contributed by atoms with Crippen LogP contribution in [0, 0.1) is 0 Å². The van der Waals surface area contributed by atoms with E-state index in [1.807, 2.05) is 36.4 Å². The van der Waals surface area contributed by atoms with Crippen LogP contribution in [0.15, 0.2) is 66.9 Å². The predicted octanol–water partition coefficient (Wildman–Crippen LogP) is 6.85. The summed E-state index contributed by atoms with van der Waals surface area (Å²) in [4.78, 5) is 20.9. The highest BCUT2D eigenvalue weighted by Crippen LogP contribution is 2.28. The first-order valence-corrected chi connectivity index (χ1v) is 12.5. The molecule has 192 valence electrons. The van der Waals surface area contributed by atoms with E-state index in [0.717, 1.165) is 16.9 Å². The van der Waals surface area contributed by atoms with Gasteiger partial charge in [0.05, 0.1) is 11.4 Å². The lowest BCUT2D eigenvalue weighted by Gasteiger charge is -2.14. The number of amides is 2. The number of anilines is 1. The van der Waals surface area contributed by atoms with Crippen LogP contribution >= 0.6 is 11.6 Å². The summed E-state index contributed by atoms with van der Waals surface area (Å²) in [5, 5.41) is 10.8. The standard InChI is InChI=1S/C28H31ClN6O2/c1-18(2)19-10-12-21(13-11-19)35-24(16-23(34-35)28(3,4)5)32-27(36)31-17-20-8-6-7-9-22(20)37-25-14-15-30-26(29)33-25/h6-16,18H,17H2,1-5H3,(H2,31,32,36). The number of nitrogens with zero attached hydrogens (tertiary/aromatic N) is 4. The second-order valence-electron chi connectivity index (χ2n) is 10.0. The maximum absolute atomic E-state index is 12.9. The van der Waals surface area contributed by atoms with Gasteiger partial charge >= 0.3 is 6.03 Å². The molecule has 2 aromatic heterocycles. The Bertz CT molecular complexity index is 1380. The van der Waals surface area contributed by atoms with Gasteiger partial charge in [-0.2, -0.15) is 10.1 Å². The molecule has 4 rings (SSSR count). The fraction of sp³-hybridized carbons (Fsp3) is 0.286. The van der Waals surface area contributed by atoms with Gasteiger partial charge in [0.25, 0.3) is 0 Å². The van der Waals surface area contributed by atoms with Gasteiger partial charge in [0.1, 0.15) is 11.6 Å². The van der Waals surface area contributed by atoms with Crippen molar-refractivity contribution in [3.05, 3.63) is 89.0 Å². The van der Waals surface area contributed by atoms with Gasteiger partial charge in [-0.15, -0.1) is 0 Å². The number of benzene rings is 2. The van der Waals surface area contributed by atoms with Crippen molar-refractivity contribution in [2.24, 2.45) is 0 Å². The van der Waals surface area contributed by atoms with Gasteiger partial charge in [-0.3, -0.25) is 5.32 Å². The van der Waals surface area contributed by atoms with Gasteiger partial charge in [-0.05, 0) is 41.3 Å². The zero-order valence-corrected chi connectivity index (χ0v) is 22.4. The third kappa shape index (κ3) is 6.65. The monoisotopic (exact) mass is 518 g/mol. The number of nitrogens with one attached hydrogen (secondary N) is 2. The van der Waals surface area contributed by atoms with E-state index in [1.54, 1.807) is 16.8 Å². The van der Waals surface area contributed by atoms with Crippen molar-refractivity contribution in [1.82, 2.24) is 25.1 Å². The van der Waals surface area contributed by atoms with Crippen LogP contribution in [-0.2, 0) is 12.0 Å². The zero-order valence-electron chi connectivity index (χ0n) is 21.6. The number of halogens is 1. The first kappa shape index (κ1) is 26.2. The van der Waals surface area contributed by atoms with Crippen LogP contribution in [-0.4, -0.2) is 25.8 Å². The normalized spacial score (nSPS) is 11.4. The van der Waals surface area contributed by atoms with E-state index in [9.17, 15) is 4.79 Å². The van der Waals surface area contributed by atoms with Crippen LogP contribution in [0.3, 0.4) is 0 Å². The number of aromatic nitrogens is 4. The predicted molar refractivity (Wildman–Crippen MR) is 146 cm³/mol. The number of hydrogen-bond acceptors (Lipinski definition) is 5. The number of carbonyl (C=O) groups is 1. The summed E-state index contributed by atoms with van der Waals surface area (Å²) in [6.07, 6.45) is 1.52. The average molecular weight is 519 g/mol. The number of ether oxygens (including phenoxy) is 1. The summed E-state index contributed by atoms with van der Waals surface area (Å²) >= 11 is 5.86. The van der Waals surface area contributed by atoms with Crippen molar-refractivity contribution >= 4 is 23.4 Å². The molecule has 0 bridgehead atoms. The largest absolute Gasteiger partial charge is 0.439 e. The van der Waals surface area contributed by atoms with Gasteiger partial charge in [0, 0.05) is 35.9 Å². The quantitative estimate of drug-likeness (QED) is 0.261. The van der Waals surface area contributed by atoms with Crippen molar-refractivity contribution < 1.29 is 9.53 Å². The zero-order chi connectivity index (χ0) is 26.6. The number of para-hydroxylation sites is 1. The van der Waals surface area contributed by atoms with Crippen molar-refractivity contribution in [3.63, 3.8) is 0 Å². The molecule has 0 saturated carbocycles. The molecule has 0 atom stereocenters. The van der Waals surface area contributed by atoms with Crippen molar-refractivity contribution in [3.8, 4) is 17.3 Å². The van der Waals surface area contributed by atoms with Crippen LogP contribution in [0.25, 0.3) is 5.69 Å². The SMILES string of the molecule is CC(C)c1ccc(-n2nc(C(C)(C)C)cc2NC(=O)NCc2ccccc2Oc2ccnc(Cl)n2)cc1. The Morgan fingerprint density at radius 2 is 1.81 bits per heavy atom. The molecule has 2 amide bonds. The molecule has 0 unspecified atom stereocenters. The lowest BCUT2D eigenvalue weighted by Crippen LogP contribution is -2.29. The molecule has 9 heteroatoms. The second kappa shape index (κ2) is 11.0. The average Bonchev–Trinajstić information content (AvgIpc) is 3.28. The van der Waals surface area contributed by atoms with Crippen LogP contribution < -0.4 is 15.4 Å². The Hall–Kier alpha value is -3.91. The molecule has 37 heavy (non-hydrogen) atoms. The van der Waals surface area contributed by atoms with Crippen LogP contribution in [0.5, 0.6) is 11.6 Å². The first-order chi connectivity index (χ1) is 17.6. The fourth-order valence-corrected chi connectivity index (χ4v) is 3.75. The number of hydrogen-bond donors (Lipinski definition) is 2. The molecule has 0 aliphatic heterocycles. The Morgan fingerprint density at radius 1 is 1.08 bits per heavy atom. The van der Waals surface area contributed by atoms with E-state index in [4.69, 9.17) is 21.4 Å². The van der Waals surface area contributed by atoms with Gasteiger partial charge in [0.2, 0.25) is 11.2 Å². The summed E-state index contributed by atoms with van der Waals surface area (Å²) in [6.45, 7) is 10.8. The molecule has 0 aliphatic rings.